The summed E-state index contributed by atoms with van der Waals surface area (Å²) in [6, 6.07) is 8.99. The van der Waals surface area contributed by atoms with Crippen molar-refractivity contribution >= 4 is 21.4 Å². The minimum absolute atomic E-state index is 0.00693. The Morgan fingerprint density at radius 3 is 2.47 bits per heavy atom. The highest BCUT2D eigenvalue weighted by molar-refractivity contribution is 7.91. The molecule has 0 N–H and O–H groups in total. The van der Waals surface area contributed by atoms with Gasteiger partial charge in [-0.2, -0.15) is 5.26 Å². The van der Waals surface area contributed by atoms with Crippen LogP contribution in [0.25, 0.3) is 0 Å². The Morgan fingerprint density at radius 2 is 1.84 bits per heavy atom. The Labute approximate surface area is 119 Å². The first kappa shape index (κ1) is 14.4. The van der Waals surface area contributed by atoms with Crippen LogP contribution in [0.1, 0.15) is 31.2 Å². The first-order chi connectivity index (χ1) is 9.03. The lowest BCUT2D eigenvalue weighted by molar-refractivity contribution is 0.418. The van der Waals surface area contributed by atoms with Crippen LogP contribution in [0, 0.1) is 17.2 Å². The summed E-state index contributed by atoms with van der Waals surface area (Å²) in [4.78, 5) is 0. The summed E-state index contributed by atoms with van der Waals surface area (Å²) in [7, 11) is -3.28. The van der Waals surface area contributed by atoms with Gasteiger partial charge in [0.15, 0.2) is 9.84 Å². The molecule has 2 unspecified atom stereocenters. The average Bonchev–Trinajstić information content (AvgIpc) is 2.41. The highest BCUT2D eigenvalue weighted by atomic mass is 35.5. The highest BCUT2D eigenvalue weighted by Gasteiger charge is 2.35. The molecule has 102 valence electrons. The van der Waals surface area contributed by atoms with E-state index in [1.165, 1.54) is 0 Å². The molecule has 0 radical (unpaired) electrons. The van der Waals surface area contributed by atoms with E-state index in [0.29, 0.717) is 17.9 Å². The van der Waals surface area contributed by atoms with Gasteiger partial charge in [-0.25, -0.2) is 8.42 Å². The molecule has 0 aliphatic heterocycles. The molecule has 0 spiro atoms. The third-order valence-electron chi connectivity index (χ3n) is 3.61. The fourth-order valence-electron chi connectivity index (χ4n) is 2.59. The first-order valence-corrected chi connectivity index (χ1v) is 8.48. The van der Waals surface area contributed by atoms with Crippen LogP contribution in [0.3, 0.4) is 0 Å². The van der Waals surface area contributed by atoms with Gasteiger partial charge in [0.05, 0.1) is 23.0 Å². The van der Waals surface area contributed by atoms with Gasteiger partial charge >= 0.3 is 0 Å². The molecule has 0 heterocycles. The van der Waals surface area contributed by atoms with E-state index < -0.39 is 15.1 Å². The zero-order valence-electron chi connectivity index (χ0n) is 10.5. The topological polar surface area (TPSA) is 57.9 Å². The van der Waals surface area contributed by atoms with Crippen molar-refractivity contribution in [3.8, 4) is 6.07 Å². The molecule has 1 aromatic rings. The van der Waals surface area contributed by atoms with Gasteiger partial charge in [0.25, 0.3) is 0 Å². The smallest absolute Gasteiger partial charge is 0.158 e. The number of sulfone groups is 1. The standard InChI is InChI=1S/C14H16ClNO2S/c15-13-7-5-11(6-8-13)10-19(17,18)14-4-2-1-3-12(14)9-16/h5-8,12,14H,1-4,10H2. The number of benzene rings is 1. The molecular formula is C14H16ClNO2S. The summed E-state index contributed by atoms with van der Waals surface area (Å²) in [5.41, 5.74) is 0.728. The van der Waals surface area contributed by atoms with Gasteiger partial charge in [-0.05, 0) is 30.5 Å². The second kappa shape index (κ2) is 5.94. The van der Waals surface area contributed by atoms with Crippen LogP contribution < -0.4 is 0 Å². The molecule has 0 bridgehead atoms. The maximum atomic E-state index is 12.4. The molecule has 19 heavy (non-hydrogen) atoms. The number of nitriles is 1. The van der Waals surface area contributed by atoms with Gasteiger partial charge < -0.3 is 0 Å². The van der Waals surface area contributed by atoms with Gasteiger partial charge in [0, 0.05) is 5.02 Å². The van der Waals surface area contributed by atoms with Crippen LogP contribution in [0.5, 0.6) is 0 Å². The van der Waals surface area contributed by atoms with E-state index in [4.69, 9.17) is 16.9 Å². The lowest BCUT2D eigenvalue weighted by Gasteiger charge is -2.26. The first-order valence-electron chi connectivity index (χ1n) is 6.38. The fraction of sp³-hybridized carbons (Fsp3) is 0.500. The van der Waals surface area contributed by atoms with Crippen molar-refractivity contribution in [1.82, 2.24) is 0 Å². The molecule has 3 nitrogen and oxygen atoms in total. The zero-order chi connectivity index (χ0) is 13.9. The molecule has 1 aliphatic rings. The molecule has 1 aliphatic carbocycles. The average molecular weight is 298 g/mol. The van der Waals surface area contributed by atoms with Crippen molar-refractivity contribution < 1.29 is 8.42 Å². The Balaban J connectivity index is 2.17. The quantitative estimate of drug-likeness (QED) is 0.860. The summed E-state index contributed by atoms with van der Waals surface area (Å²) < 4.78 is 24.9. The van der Waals surface area contributed by atoms with E-state index in [2.05, 4.69) is 6.07 Å². The Hall–Kier alpha value is -1.05. The molecule has 5 heteroatoms. The zero-order valence-corrected chi connectivity index (χ0v) is 12.1. The van der Waals surface area contributed by atoms with Gasteiger partial charge in [0.2, 0.25) is 0 Å². The summed E-state index contributed by atoms with van der Waals surface area (Å²) in [6.07, 6.45) is 3.14. The molecule has 2 atom stereocenters. The lowest BCUT2D eigenvalue weighted by Crippen LogP contribution is -2.33. The summed E-state index contributed by atoms with van der Waals surface area (Å²) in [5.74, 6) is -0.362. The Kier molecular flexibility index (Phi) is 4.49. The fourth-order valence-corrected chi connectivity index (χ4v) is 4.81. The highest BCUT2D eigenvalue weighted by Crippen LogP contribution is 2.31. The van der Waals surface area contributed by atoms with Crippen molar-refractivity contribution in [2.75, 3.05) is 0 Å². The normalized spacial score (nSPS) is 23.8. The van der Waals surface area contributed by atoms with E-state index >= 15 is 0 Å². The molecule has 1 fully saturated rings. The molecule has 1 aromatic carbocycles. The van der Waals surface area contributed by atoms with E-state index in [-0.39, 0.29) is 11.7 Å². The van der Waals surface area contributed by atoms with Crippen LogP contribution >= 0.6 is 11.6 Å². The second-order valence-corrected chi connectivity index (χ2v) is 7.65. The largest absolute Gasteiger partial charge is 0.228 e. The van der Waals surface area contributed by atoms with Crippen LogP contribution in [-0.4, -0.2) is 13.7 Å². The van der Waals surface area contributed by atoms with Crippen molar-refractivity contribution in [2.24, 2.45) is 5.92 Å². The maximum Gasteiger partial charge on any atom is 0.158 e. The van der Waals surface area contributed by atoms with E-state index in [1.807, 2.05) is 0 Å². The van der Waals surface area contributed by atoms with Gasteiger partial charge in [-0.1, -0.05) is 36.6 Å². The molecule has 0 amide bonds. The van der Waals surface area contributed by atoms with Crippen LogP contribution in [0.15, 0.2) is 24.3 Å². The molecule has 2 rings (SSSR count). The second-order valence-electron chi connectivity index (χ2n) is 4.99. The van der Waals surface area contributed by atoms with Crippen LogP contribution in [0.2, 0.25) is 5.02 Å². The summed E-state index contributed by atoms with van der Waals surface area (Å²) in [6.45, 7) is 0. The number of rotatable bonds is 3. The maximum absolute atomic E-state index is 12.4. The molecule has 0 aromatic heterocycles. The van der Waals surface area contributed by atoms with Crippen molar-refractivity contribution in [3.05, 3.63) is 34.9 Å². The van der Waals surface area contributed by atoms with E-state index in [1.54, 1.807) is 24.3 Å². The monoisotopic (exact) mass is 297 g/mol. The third-order valence-corrected chi connectivity index (χ3v) is 6.09. The van der Waals surface area contributed by atoms with Gasteiger partial charge in [-0.3, -0.25) is 0 Å². The van der Waals surface area contributed by atoms with E-state index in [0.717, 1.165) is 18.4 Å². The van der Waals surface area contributed by atoms with Crippen molar-refractivity contribution in [3.63, 3.8) is 0 Å². The summed E-state index contributed by atoms with van der Waals surface area (Å²) >= 11 is 5.78. The molecule has 1 saturated carbocycles. The van der Waals surface area contributed by atoms with Gasteiger partial charge in [0.1, 0.15) is 0 Å². The Bertz CT molecular complexity index is 574. The van der Waals surface area contributed by atoms with Crippen LogP contribution in [-0.2, 0) is 15.6 Å². The lowest BCUT2D eigenvalue weighted by atomic mass is 9.90. The predicted molar refractivity (Wildman–Crippen MR) is 75.4 cm³/mol. The van der Waals surface area contributed by atoms with Crippen LogP contribution in [0.4, 0.5) is 0 Å². The minimum Gasteiger partial charge on any atom is -0.228 e. The predicted octanol–water partition coefficient (Wildman–Crippen LogP) is 3.34. The number of hydrogen-bond donors (Lipinski definition) is 0. The third kappa shape index (κ3) is 3.49. The minimum atomic E-state index is -3.28. The number of hydrogen-bond acceptors (Lipinski definition) is 3. The molecular weight excluding hydrogens is 282 g/mol. The van der Waals surface area contributed by atoms with Crippen molar-refractivity contribution in [2.45, 2.75) is 36.7 Å². The van der Waals surface area contributed by atoms with Crippen molar-refractivity contribution in [1.29, 1.82) is 5.26 Å². The number of nitrogens with zero attached hydrogens (tertiary/aromatic N) is 1. The SMILES string of the molecule is N#CC1CCCCC1S(=O)(=O)Cc1ccc(Cl)cc1. The number of halogens is 1. The molecule has 0 saturated heterocycles. The van der Waals surface area contributed by atoms with E-state index in [9.17, 15) is 8.42 Å². The summed E-state index contributed by atoms with van der Waals surface area (Å²) in [5, 5.41) is 9.17. The Morgan fingerprint density at radius 1 is 1.21 bits per heavy atom. The van der Waals surface area contributed by atoms with Gasteiger partial charge in [-0.15, -0.1) is 0 Å².